The number of halogens is 2. The van der Waals surface area contributed by atoms with E-state index in [1.54, 1.807) is 30.2 Å². The number of rotatable bonds is 6. The number of hydrogen-bond acceptors (Lipinski definition) is 5. The molecule has 4 rings (SSSR count). The van der Waals surface area contributed by atoms with Crippen molar-refractivity contribution >= 4 is 72.5 Å². The molecule has 0 saturated carbocycles. The molecule has 0 spiro atoms. The molecule has 0 radical (unpaired) electrons. The summed E-state index contributed by atoms with van der Waals surface area (Å²) in [6.07, 6.45) is 1.77. The maximum Gasteiger partial charge on any atom is 0.281 e. The van der Waals surface area contributed by atoms with E-state index in [2.05, 4.69) is 31.9 Å². The number of nitrogens with zero attached hydrogens (tertiary/aromatic N) is 3. The minimum atomic E-state index is -0.441. The van der Waals surface area contributed by atoms with Gasteiger partial charge in [0.05, 0.1) is 19.6 Å². The number of nitro benzene ring substituents is 1. The number of ether oxygens (including phenoxy) is 1. The van der Waals surface area contributed by atoms with Gasteiger partial charge in [-0.2, -0.15) is 0 Å². The van der Waals surface area contributed by atoms with Gasteiger partial charge in [0.25, 0.3) is 11.6 Å². The van der Waals surface area contributed by atoms with Gasteiger partial charge in [0, 0.05) is 19.2 Å². The maximum absolute atomic E-state index is 13.1. The van der Waals surface area contributed by atoms with Crippen molar-refractivity contribution in [1.29, 1.82) is 0 Å². The Balaban J connectivity index is 1.55. The summed E-state index contributed by atoms with van der Waals surface area (Å²) in [4.78, 5) is 26.7. The summed E-state index contributed by atoms with van der Waals surface area (Å²) in [5.74, 6) is 0.373. The minimum absolute atomic E-state index is 0.0280. The molecule has 1 fully saturated rings. The van der Waals surface area contributed by atoms with Gasteiger partial charge in [0.2, 0.25) is 0 Å². The lowest BCUT2D eigenvalue weighted by molar-refractivity contribution is -0.384. The van der Waals surface area contributed by atoms with Crippen LogP contribution in [0.1, 0.15) is 11.1 Å². The van der Waals surface area contributed by atoms with Crippen LogP contribution in [0.25, 0.3) is 6.08 Å². The van der Waals surface area contributed by atoms with Gasteiger partial charge in [0.1, 0.15) is 18.1 Å². The summed E-state index contributed by atoms with van der Waals surface area (Å²) in [6, 6.07) is 19.2. The molecule has 3 aromatic carbocycles. The number of carbonyl (C=O) groups excluding carboxylic acids is 1. The lowest BCUT2D eigenvalue weighted by Crippen LogP contribution is -2.30. The molecule has 34 heavy (non-hydrogen) atoms. The third kappa shape index (κ3) is 4.89. The van der Waals surface area contributed by atoms with E-state index >= 15 is 0 Å². The van der Waals surface area contributed by atoms with Crippen LogP contribution in [0.5, 0.6) is 5.75 Å². The average molecular weight is 603 g/mol. The number of para-hydroxylation sites is 1. The number of carbonyl (C=O) groups is 1. The molecular formula is C24H17Br2N3O4S. The topological polar surface area (TPSA) is 75.9 Å². The summed E-state index contributed by atoms with van der Waals surface area (Å²) in [5, 5.41) is 11.2. The van der Waals surface area contributed by atoms with E-state index in [9.17, 15) is 14.9 Å². The predicted molar refractivity (Wildman–Crippen MR) is 142 cm³/mol. The molecule has 0 unspecified atom stereocenters. The van der Waals surface area contributed by atoms with E-state index < -0.39 is 4.92 Å². The minimum Gasteiger partial charge on any atom is -0.487 e. The van der Waals surface area contributed by atoms with E-state index in [0.717, 1.165) is 11.1 Å². The summed E-state index contributed by atoms with van der Waals surface area (Å²) in [5.41, 5.74) is 2.76. The van der Waals surface area contributed by atoms with Crippen LogP contribution in [0.4, 0.5) is 11.4 Å². The zero-order valence-corrected chi connectivity index (χ0v) is 21.8. The molecule has 0 atom stereocenters. The van der Waals surface area contributed by atoms with Crippen LogP contribution in [-0.4, -0.2) is 27.9 Å². The molecule has 1 aliphatic heterocycles. The molecule has 1 heterocycles. The third-order valence-corrected chi connectivity index (χ3v) is 6.77. The van der Waals surface area contributed by atoms with Crippen LogP contribution in [-0.2, 0) is 11.4 Å². The van der Waals surface area contributed by atoms with E-state index in [0.29, 0.717) is 31.2 Å². The second-order valence-corrected chi connectivity index (χ2v) is 9.45. The summed E-state index contributed by atoms with van der Waals surface area (Å²) in [7, 11) is 1.76. The third-order valence-electron chi connectivity index (χ3n) is 5.13. The molecule has 10 heteroatoms. The first-order valence-electron chi connectivity index (χ1n) is 10.0. The summed E-state index contributed by atoms with van der Waals surface area (Å²) in [6.45, 7) is 0.233. The largest absolute Gasteiger partial charge is 0.487 e. The van der Waals surface area contributed by atoms with Crippen molar-refractivity contribution in [1.82, 2.24) is 4.90 Å². The Morgan fingerprint density at radius 1 is 1.06 bits per heavy atom. The molecule has 1 amide bonds. The maximum atomic E-state index is 13.1. The lowest BCUT2D eigenvalue weighted by Gasteiger charge is -2.16. The molecule has 1 aliphatic rings. The normalized spacial score (nSPS) is 14.7. The molecule has 0 aromatic heterocycles. The Morgan fingerprint density at radius 3 is 2.26 bits per heavy atom. The number of likely N-dealkylation sites (N-methyl/N-ethyl adjacent to an activating group) is 1. The second kappa shape index (κ2) is 10.0. The lowest BCUT2D eigenvalue weighted by atomic mass is 10.1. The standard InChI is InChI=1S/C24H17Br2N3O4S/c1-27-21(23(30)28(24(27)34)17-5-3-2-4-6-17)13-16-11-19(25)22(20(26)12-16)33-14-15-7-9-18(10-8-15)29(31)32/h2-13H,14H2,1H3/b21-13-. The quantitative estimate of drug-likeness (QED) is 0.143. The molecule has 172 valence electrons. The fourth-order valence-electron chi connectivity index (χ4n) is 3.39. The van der Waals surface area contributed by atoms with Crippen molar-refractivity contribution in [3.8, 4) is 5.75 Å². The fraction of sp³-hybridized carbons (Fsp3) is 0.0833. The van der Waals surface area contributed by atoms with Crippen molar-refractivity contribution in [2.45, 2.75) is 6.61 Å². The number of anilines is 1. The number of amides is 1. The summed E-state index contributed by atoms with van der Waals surface area (Å²) >= 11 is 12.6. The Kier molecular flexibility index (Phi) is 7.11. The van der Waals surface area contributed by atoms with Crippen LogP contribution >= 0.6 is 44.1 Å². The van der Waals surface area contributed by atoms with Gasteiger partial charge >= 0.3 is 0 Å². The molecule has 7 nitrogen and oxygen atoms in total. The smallest absolute Gasteiger partial charge is 0.281 e. The van der Waals surface area contributed by atoms with Crippen LogP contribution in [0, 0.1) is 10.1 Å². The van der Waals surface area contributed by atoms with Crippen molar-refractivity contribution in [2.24, 2.45) is 0 Å². The Labute approximate surface area is 218 Å². The number of thiocarbonyl (C=S) groups is 1. The Bertz CT molecular complexity index is 1290. The van der Waals surface area contributed by atoms with E-state index in [1.807, 2.05) is 42.5 Å². The van der Waals surface area contributed by atoms with Crippen molar-refractivity contribution < 1.29 is 14.5 Å². The highest BCUT2D eigenvalue weighted by atomic mass is 79.9. The van der Waals surface area contributed by atoms with E-state index in [-0.39, 0.29) is 18.2 Å². The fourth-order valence-corrected chi connectivity index (χ4v) is 5.13. The monoisotopic (exact) mass is 601 g/mol. The Hall–Kier alpha value is -3.08. The first-order valence-corrected chi connectivity index (χ1v) is 12.0. The molecule has 3 aromatic rings. The van der Waals surface area contributed by atoms with Gasteiger partial charge < -0.3 is 9.64 Å². The highest BCUT2D eigenvalue weighted by molar-refractivity contribution is 9.11. The van der Waals surface area contributed by atoms with Crippen molar-refractivity contribution in [3.63, 3.8) is 0 Å². The molecule has 0 aliphatic carbocycles. The average Bonchev–Trinajstić information content (AvgIpc) is 3.02. The highest BCUT2D eigenvalue weighted by Gasteiger charge is 2.36. The molecule has 0 N–H and O–H groups in total. The van der Waals surface area contributed by atoms with Crippen LogP contribution in [0.3, 0.4) is 0 Å². The van der Waals surface area contributed by atoms with E-state index in [1.165, 1.54) is 17.0 Å². The van der Waals surface area contributed by atoms with Gasteiger partial charge in [-0.25, -0.2) is 0 Å². The second-order valence-electron chi connectivity index (χ2n) is 7.37. The summed E-state index contributed by atoms with van der Waals surface area (Å²) < 4.78 is 7.30. The van der Waals surface area contributed by atoms with Crippen molar-refractivity contribution in [3.05, 3.63) is 103 Å². The highest BCUT2D eigenvalue weighted by Crippen LogP contribution is 2.37. The van der Waals surface area contributed by atoms with Gasteiger partial charge in [0.15, 0.2) is 5.11 Å². The molecular weight excluding hydrogens is 586 g/mol. The number of non-ortho nitro benzene ring substituents is 1. The SMILES string of the molecule is CN1C(=S)N(c2ccccc2)C(=O)/C1=C/c1cc(Br)c(OCc2ccc([N+](=O)[O-])cc2)c(Br)c1. The van der Waals surface area contributed by atoms with Crippen molar-refractivity contribution in [2.75, 3.05) is 11.9 Å². The number of benzene rings is 3. The van der Waals surface area contributed by atoms with Crippen LogP contribution in [0.15, 0.2) is 81.4 Å². The van der Waals surface area contributed by atoms with Crippen LogP contribution in [0.2, 0.25) is 0 Å². The van der Waals surface area contributed by atoms with Crippen LogP contribution < -0.4 is 9.64 Å². The van der Waals surface area contributed by atoms with Gasteiger partial charge in [-0.15, -0.1) is 0 Å². The molecule has 0 bridgehead atoms. The number of hydrogen-bond donors (Lipinski definition) is 0. The predicted octanol–water partition coefficient (Wildman–Crippen LogP) is 6.30. The van der Waals surface area contributed by atoms with Gasteiger partial charge in [-0.3, -0.25) is 19.8 Å². The van der Waals surface area contributed by atoms with Gasteiger partial charge in [-0.05, 0) is 97.7 Å². The Morgan fingerprint density at radius 2 is 1.68 bits per heavy atom. The first kappa shape index (κ1) is 24.1. The van der Waals surface area contributed by atoms with E-state index in [4.69, 9.17) is 17.0 Å². The number of nitro groups is 1. The first-order chi connectivity index (χ1) is 16.3. The zero-order valence-electron chi connectivity index (χ0n) is 17.8. The van der Waals surface area contributed by atoms with Gasteiger partial charge in [-0.1, -0.05) is 18.2 Å². The molecule has 1 saturated heterocycles. The zero-order chi connectivity index (χ0) is 24.4.